The van der Waals surface area contributed by atoms with E-state index >= 15 is 0 Å². The smallest absolute Gasteiger partial charge is 0.214 e. The highest BCUT2D eigenvalue weighted by Crippen LogP contribution is 2.11. The molecule has 0 saturated carbocycles. The first-order chi connectivity index (χ1) is 8.85. The number of amidine groups is 1. The SMILES string of the molecule is CC(C)CCS(=O)(=O)N1CCN(CC(N)=NO)CC1. The van der Waals surface area contributed by atoms with Crippen molar-refractivity contribution >= 4 is 15.9 Å². The molecular formula is C11H24N4O3S. The molecule has 1 aliphatic rings. The lowest BCUT2D eigenvalue weighted by atomic mass is 10.2. The van der Waals surface area contributed by atoms with Gasteiger partial charge in [0, 0.05) is 26.2 Å². The number of hydrogen-bond donors (Lipinski definition) is 2. The van der Waals surface area contributed by atoms with Crippen LogP contribution in [0, 0.1) is 5.92 Å². The molecule has 0 radical (unpaired) electrons. The van der Waals surface area contributed by atoms with Gasteiger partial charge in [-0.3, -0.25) is 4.90 Å². The molecule has 0 aromatic rings. The van der Waals surface area contributed by atoms with E-state index in [0.29, 0.717) is 45.1 Å². The first-order valence-electron chi connectivity index (χ1n) is 6.51. The average molecular weight is 292 g/mol. The largest absolute Gasteiger partial charge is 0.409 e. The maximum atomic E-state index is 12.1. The molecule has 3 N–H and O–H groups in total. The lowest BCUT2D eigenvalue weighted by molar-refractivity contribution is 0.206. The normalized spacial score (nSPS) is 20.1. The molecule has 0 bridgehead atoms. The third-order valence-electron chi connectivity index (χ3n) is 3.19. The van der Waals surface area contributed by atoms with Gasteiger partial charge in [-0.25, -0.2) is 8.42 Å². The van der Waals surface area contributed by atoms with Crippen LogP contribution in [0.3, 0.4) is 0 Å². The first kappa shape index (κ1) is 16.2. The predicted molar refractivity (Wildman–Crippen MR) is 74.7 cm³/mol. The second-order valence-electron chi connectivity index (χ2n) is 5.27. The summed E-state index contributed by atoms with van der Waals surface area (Å²) in [5.74, 6) is 0.748. The summed E-state index contributed by atoms with van der Waals surface area (Å²) in [5, 5.41) is 11.4. The number of hydrogen-bond acceptors (Lipinski definition) is 5. The first-order valence-corrected chi connectivity index (χ1v) is 8.12. The maximum absolute atomic E-state index is 12.1. The van der Waals surface area contributed by atoms with Crippen molar-refractivity contribution in [3.63, 3.8) is 0 Å². The van der Waals surface area contributed by atoms with Gasteiger partial charge in [0.1, 0.15) is 0 Å². The molecule has 0 amide bonds. The Kier molecular flexibility index (Phi) is 6.02. The molecule has 19 heavy (non-hydrogen) atoms. The molecule has 1 saturated heterocycles. The van der Waals surface area contributed by atoms with Crippen LogP contribution in [-0.4, -0.2) is 67.1 Å². The van der Waals surface area contributed by atoms with Gasteiger partial charge in [-0.1, -0.05) is 19.0 Å². The van der Waals surface area contributed by atoms with Crippen LogP contribution in [0.25, 0.3) is 0 Å². The Balaban J connectivity index is 2.44. The van der Waals surface area contributed by atoms with Crippen LogP contribution in [-0.2, 0) is 10.0 Å². The highest BCUT2D eigenvalue weighted by molar-refractivity contribution is 7.89. The summed E-state index contributed by atoms with van der Waals surface area (Å²) in [7, 11) is -3.14. The third-order valence-corrected chi connectivity index (χ3v) is 5.10. The van der Waals surface area contributed by atoms with Gasteiger partial charge in [-0.05, 0) is 12.3 Å². The molecule has 1 fully saturated rings. The Labute approximate surface area is 115 Å². The fourth-order valence-corrected chi connectivity index (χ4v) is 3.69. The van der Waals surface area contributed by atoms with E-state index in [1.807, 2.05) is 18.7 Å². The monoisotopic (exact) mass is 292 g/mol. The zero-order valence-electron chi connectivity index (χ0n) is 11.6. The van der Waals surface area contributed by atoms with Gasteiger partial charge in [0.25, 0.3) is 0 Å². The average Bonchev–Trinajstić information content (AvgIpc) is 2.37. The van der Waals surface area contributed by atoms with Crippen molar-refractivity contribution < 1.29 is 13.6 Å². The Bertz CT molecular complexity index is 400. The van der Waals surface area contributed by atoms with Crippen LogP contribution in [0.5, 0.6) is 0 Å². The van der Waals surface area contributed by atoms with Crippen LogP contribution < -0.4 is 5.73 Å². The molecule has 0 atom stereocenters. The van der Waals surface area contributed by atoms with Crippen molar-refractivity contribution in [3.8, 4) is 0 Å². The van der Waals surface area contributed by atoms with Gasteiger partial charge in [0.15, 0.2) is 5.84 Å². The van der Waals surface area contributed by atoms with Crippen molar-refractivity contribution in [1.82, 2.24) is 9.21 Å². The third kappa shape index (κ3) is 5.33. The second kappa shape index (κ2) is 7.06. The van der Waals surface area contributed by atoms with Crippen molar-refractivity contribution in [2.24, 2.45) is 16.8 Å². The molecule has 1 rings (SSSR count). The van der Waals surface area contributed by atoms with Crippen molar-refractivity contribution in [2.75, 3.05) is 38.5 Å². The number of rotatable bonds is 6. The van der Waals surface area contributed by atoms with Gasteiger partial charge in [-0.15, -0.1) is 0 Å². The number of oxime groups is 1. The van der Waals surface area contributed by atoms with E-state index in [2.05, 4.69) is 5.16 Å². The topological polar surface area (TPSA) is 99.2 Å². The highest BCUT2D eigenvalue weighted by atomic mass is 32.2. The molecule has 0 spiro atoms. The fraction of sp³-hybridized carbons (Fsp3) is 0.909. The van der Waals surface area contributed by atoms with E-state index in [1.54, 1.807) is 0 Å². The lowest BCUT2D eigenvalue weighted by Gasteiger charge is -2.33. The van der Waals surface area contributed by atoms with E-state index in [9.17, 15) is 8.42 Å². The van der Waals surface area contributed by atoms with Crippen LogP contribution in [0.15, 0.2) is 5.16 Å². The van der Waals surface area contributed by atoms with Crippen molar-refractivity contribution in [3.05, 3.63) is 0 Å². The maximum Gasteiger partial charge on any atom is 0.214 e. The van der Waals surface area contributed by atoms with E-state index in [4.69, 9.17) is 10.9 Å². The molecule has 1 heterocycles. The summed E-state index contributed by atoms with van der Waals surface area (Å²) in [4.78, 5) is 1.98. The summed E-state index contributed by atoms with van der Waals surface area (Å²) in [6.45, 7) is 6.57. The van der Waals surface area contributed by atoms with Crippen LogP contribution in [0.4, 0.5) is 0 Å². The van der Waals surface area contributed by atoms with Crippen molar-refractivity contribution in [2.45, 2.75) is 20.3 Å². The summed E-state index contributed by atoms with van der Waals surface area (Å²) in [6.07, 6.45) is 0.687. The molecular weight excluding hydrogens is 268 g/mol. The zero-order chi connectivity index (χ0) is 14.5. The summed E-state index contributed by atoms with van der Waals surface area (Å²) in [5.41, 5.74) is 5.43. The van der Waals surface area contributed by atoms with Gasteiger partial charge in [-0.2, -0.15) is 4.31 Å². The van der Waals surface area contributed by atoms with E-state index in [1.165, 1.54) is 4.31 Å². The molecule has 7 nitrogen and oxygen atoms in total. The van der Waals surface area contributed by atoms with Crippen LogP contribution in [0.2, 0.25) is 0 Å². The van der Waals surface area contributed by atoms with Crippen LogP contribution >= 0.6 is 0 Å². The summed E-state index contributed by atoms with van der Waals surface area (Å²) in [6, 6.07) is 0. The minimum absolute atomic E-state index is 0.149. The zero-order valence-corrected chi connectivity index (χ0v) is 12.4. The van der Waals surface area contributed by atoms with Gasteiger partial charge >= 0.3 is 0 Å². The Hall–Kier alpha value is -0.860. The molecule has 8 heteroatoms. The van der Waals surface area contributed by atoms with E-state index < -0.39 is 10.0 Å². The van der Waals surface area contributed by atoms with Crippen LogP contribution in [0.1, 0.15) is 20.3 Å². The summed E-state index contributed by atoms with van der Waals surface area (Å²) >= 11 is 0. The number of nitrogens with two attached hydrogens (primary N) is 1. The number of sulfonamides is 1. The lowest BCUT2D eigenvalue weighted by Crippen LogP contribution is -2.51. The number of piperazine rings is 1. The Morgan fingerprint density at radius 2 is 1.89 bits per heavy atom. The Morgan fingerprint density at radius 3 is 2.37 bits per heavy atom. The Morgan fingerprint density at radius 1 is 1.32 bits per heavy atom. The highest BCUT2D eigenvalue weighted by Gasteiger charge is 2.26. The van der Waals surface area contributed by atoms with E-state index in [0.717, 1.165) is 0 Å². The standard InChI is InChI=1S/C11H24N4O3S/c1-10(2)3-8-19(17,18)15-6-4-14(5-7-15)9-11(12)13-16/h10,16H,3-9H2,1-2H3,(H2,12,13). The van der Waals surface area contributed by atoms with E-state index in [-0.39, 0.29) is 11.6 Å². The summed E-state index contributed by atoms with van der Waals surface area (Å²) < 4.78 is 25.7. The molecule has 0 aromatic carbocycles. The molecule has 0 aliphatic carbocycles. The molecule has 0 unspecified atom stereocenters. The molecule has 112 valence electrons. The minimum atomic E-state index is -3.14. The number of nitrogens with zero attached hydrogens (tertiary/aromatic N) is 3. The minimum Gasteiger partial charge on any atom is -0.409 e. The molecule has 1 aliphatic heterocycles. The van der Waals surface area contributed by atoms with Gasteiger partial charge in [0.2, 0.25) is 10.0 Å². The second-order valence-corrected chi connectivity index (χ2v) is 7.35. The van der Waals surface area contributed by atoms with Crippen molar-refractivity contribution in [1.29, 1.82) is 0 Å². The predicted octanol–water partition coefficient (Wildman–Crippen LogP) is -0.274. The quantitative estimate of drug-likeness (QED) is 0.304. The van der Waals surface area contributed by atoms with Gasteiger partial charge < -0.3 is 10.9 Å². The van der Waals surface area contributed by atoms with Gasteiger partial charge in [0.05, 0.1) is 12.3 Å². The fourth-order valence-electron chi connectivity index (χ4n) is 1.94. The molecule has 0 aromatic heterocycles.